The first-order chi connectivity index (χ1) is 8.01. The summed E-state index contributed by atoms with van der Waals surface area (Å²) < 4.78 is 0. The number of aryl methyl sites for hydroxylation is 1. The lowest BCUT2D eigenvalue weighted by Crippen LogP contribution is -2.19. The molecule has 1 N–H and O–H groups in total. The first-order valence-electron chi connectivity index (χ1n) is 6.26. The van der Waals surface area contributed by atoms with Crippen LogP contribution in [0.4, 0.5) is 0 Å². The molecule has 1 rings (SSSR count). The monoisotopic (exact) mass is 234 g/mol. The number of aliphatic hydroxyl groups is 1. The molecular formula is C15H22O2. The minimum atomic E-state index is -0.267. The van der Waals surface area contributed by atoms with Crippen molar-refractivity contribution in [1.82, 2.24) is 0 Å². The van der Waals surface area contributed by atoms with Crippen molar-refractivity contribution in [3.05, 3.63) is 34.9 Å². The third-order valence-corrected chi connectivity index (χ3v) is 3.28. The number of carbonyl (C=O) groups excluding carboxylic acids is 1. The Labute approximate surface area is 104 Å². The van der Waals surface area contributed by atoms with E-state index in [2.05, 4.69) is 19.9 Å². The Bertz CT molecular complexity index is 390. The summed E-state index contributed by atoms with van der Waals surface area (Å²) in [6, 6.07) is 6.03. The van der Waals surface area contributed by atoms with Gasteiger partial charge in [-0.05, 0) is 36.5 Å². The molecule has 1 unspecified atom stereocenters. The smallest absolute Gasteiger partial charge is 0.168 e. The summed E-state index contributed by atoms with van der Waals surface area (Å²) >= 11 is 0. The average molecular weight is 234 g/mol. The van der Waals surface area contributed by atoms with Crippen LogP contribution in [0.3, 0.4) is 0 Å². The first-order valence-corrected chi connectivity index (χ1v) is 6.26. The van der Waals surface area contributed by atoms with Crippen LogP contribution in [-0.4, -0.2) is 17.5 Å². The molecule has 2 nitrogen and oxygen atoms in total. The lowest BCUT2D eigenvalue weighted by atomic mass is 9.90. The molecular weight excluding hydrogens is 212 g/mol. The molecule has 0 heterocycles. The highest BCUT2D eigenvalue weighted by Gasteiger charge is 2.19. The van der Waals surface area contributed by atoms with Crippen molar-refractivity contribution in [3.8, 4) is 0 Å². The SMILES string of the molecule is CCC(CO)C(=O)c1cc(C(C)C)ccc1C. The molecule has 0 spiro atoms. The normalized spacial score (nSPS) is 12.8. The van der Waals surface area contributed by atoms with Crippen LogP contribution in [0.1, 0.15) is 54.6 Å². The van der Waals surface area contributed by atoms with E-state index in [-0.39, 0.29) is 18.3 Å². The molecule has 0 saturated heterocycles. The fourth-order valence-corrected chi connectivity index (χ4v) is 1.88. The van der Waals surface area contributed by atoms with E-state index in [1.807, 2.05) is 26.0 Å². The predicted molar refractivity (Wildman–Crippen MR) is 70.5 cm³/mol. The highest BCUT2D eigenvalue weighted by atomic mass is 16.3. The summed E-state index contributed by atoms with van der Waals surface area (Å²) in [5.41, 5.74) is 2.93. The zero-order valence-electron chi connectivity index (χ0n) is 11.2. The number of rotatable bonds is 5. The number of hydrogen-bond donors (Lipinski definition) is 1. The summed E-state index contributed by atoms with van der Waals surface area (Å²) in [6.45, 7) is 8.03. The molecule has 17 heavy (non-hydrogen) atoms. The molecule has 0 aliphatic rings. The van der Waals surface area contributed by atoms with Gasteiger partial charge in [0.15, 0.2) is 5.78 Å². The largest absolute Gasteiger partial charge is 0.396 e. The minimum absolute atomic E-state index is 0.0648. The second-order valence-corrected chi connectivity index (χ2v) is 4.88. The van der Waals surface area contributed by atoms with Gasteiger partial charge in [0.2, 0.25) is 0 Å². The van der Waals surface area contributed by atoms with Crippen molar-refractivity contribution in [2.45, 2.75) is 40.0 Å². The van der Waals surface area contributed by atoms with Gasteiger partial charge >= 0.3 is 0 Å². The second kappa shape index (κ2) is 5.97. The van der Waals surface area contributed by atoms with E-state index in [0.717, 1.165) is 11.1 Å². The van der Waals surface area contributed by atoms with E-state index < -0.39 is 0 Å². The van der Waals surface area contributed by atoms with Crippen LogP contribution < -0.4 is 0 Å². The molecule has 0 radical (unpaired) electrons. The highest BCUT2D eigenvalue weighted by molar-refractivity contribution is 5.99. The zero-order valence-corrected chi connectivity index (χ0v) is 11.2. The van der Waals surface area contributed by atoms with Crippen LogP contribution in [0, 0.1) is 12.8 Å². The number of aliphatic hydroxyl groups excluding tert-OH is 1. The first kappa shape index (κ1) is 13.9. The highest BCUT2D eigenvalue weighted by Crippen LogP contribution is 2.21. The zero-order chi connectivity index (χ0) is 13.0. The molecule has 1 aromatic rings. The van der Waals surface area contributed by atoms with E-state index in [1.54, 1.807) is 0 Å². The van der Waals surface area contributed by atoms with Crippen molar-refractivity contribution in [1.29, 1.82) is 0 Å². The van der Waals surface area contributed by atoms with Gasteiger partial charge in [-0.3, -0.25) is 4.79 Å². The number of benzene rings is 1. The number of Topliss-reactive ketones (excluding diaryl/α,β-unsaturated/α-hetero) is 1. The van der Waals surface area contributed by atoms with E-state index >= 15 is 0 Å². The third-order valence-electron chi connectivity index (χ3n) is 3.28. The Morgan fingerprint density at radius 1 is 1.35 bits per heavy atom. The molecule has 0 aliphatic carbocycles. The van der Waals surface area contributed by atoms with Gasteiger partial charge in [-0.2, -0.15) is 0 Å². The number of hydrogen-bond acceptors (Lipinski definition) is 2. The van der Waals surface area contributed by atoms with Crippen LogP contribution in [0.15, 0.2) is 18.2 Å². The van der Waals surface area contributed by atoms with Crippen molar-refractivity contribution >= 4 is 5.78 Å². The maximum Gasteiger partial charge on any atom is 0.168 e. The van der Waals surface area contributed by atoms with Crippen LogP contribution in [-0.2, 0) is 0 Å². The van der Waals surface area contributed by atoms with Gasteiger partial charge < -0.3 is 5.11 Å². The van der Waals surface area contributed by atoms with E-state index in [9.17, 15) is 9.90 Å². The minimum Gasteiger partial charge on any atom is -0.396 e. The summed E-state index contributed by atoms with van der Waals surface area (Å²) in [5.74, 6) is 0.211. The van der Waals surface area contributed by atoms with Crippen molar-refractivity contribution < 1.29 is 9.90 Å². The Hall–Kier alpha value is -1.15. The Morgan fingerprint density at radius 2 is 2.00 bits per heavy atom. The van der Waals surface area contributed by atoms with Crippen molar-refractivity contribution in [2.75, 3.05) is 6.61 Å². The Morgan fingerprint density at radius 3 is 2.47 bits per heavy atom. The average Bonchev–Trinajstić information content (AvgIpc) is 2.30. The van der Waals surface area contributed by atoms with Crippen LogP contribution in [0.2, 0.25) is 0 Å². The maximum atomic E-state index is 12.2. The number of ketones is 1. The quantitative estimate of drug-likeness (QED) is 0.793. The fourth-order valence-electron chi connectivity index (χ4n) is 1.88. The van der Waals surface area contributed by atoms with Crippen LogP contribution >= 0.6 is 0 Å². The predicted octanol–water partition coefficient (Wildman–Crippen LogP) is 3.32. The van der Waals surface area contributed by atoms with Crippen molar-refractivity contribution in [2.24, 2.45) is 5.92 Å². The molecule has 2 heteroatoms. The summed E-state index contributed by atoms with van der Waals surface area (Å²) in [5, 5.41) is 9.21. The van der Waals surface area contributed by atoms with Crippen molar-refractivity contribution in [3.63, 3.8) is 0 Å². The van der Waals surface area contributed by atoms with Gasteiger partial charge in [0.1, 0.15) is 0 Å². The lowest BCUT2D eigenvalue weighted by molar-refractivity contribution is 0.0855. The van der Waals surface area contributed by atoms with E-state index in [4.69, 9.17) is 0 Å². The molecule has 0 amide bonds. The molecule has 0 saturated carbocycles. The van der Waals surface area contributed by atoms with Gasteiger partial charge in [0.05, 0.1) is 6.61 Å². The van der Waals surface area contributed by atoms with Gasteiger partial charge in [-0.15, -0.1) is 0 Å². The number of carbonyl (C=O) groups is 1. The van der Waals surface area contributed by atoms with E-state index in [0.29, 0.717) is 12.3 Å². The molecule has 0 aliphatic heterocycles. The van der Waals surface area contributed by atoms with Crippen LogP contribution in [0.5, 0.6) is 0 Å². The maximum absolute atomic E-state index is 12.2. The lowest BCUT2D eigenvalue weighted by Gasteiger charge is -2.14. The molecule has 0 fully saturated rings. The van der Waals surface area contributed by atoms with Gasteiger partial charge in [0.25, 0.3) is 0 Å². The van der Waals surface area contributed by atoms with Gasteiger partial charge in [-0.1, -0.05) is 32.9 Å². The fraction of sp³-hybridized carbons (Fsp3) is 0.533. The van der Waals surface area contributed by atoms with Gasteiger partial charge in [0, 0.05) is 11.5 Å². The summed E-state index contributed by atoms with van der Waals surface area (Å²) in [7, 11) is 0. The topological polar surface area (TPSA) is 37.3 Å². The molecule has 1 atom stereocenters. The van der Waals surface area contributed by atoms with Crippen LogP contribution in [0.25, 0.3) is 0 Å². The summed E-state index contributed by atoms with van der Waals surface area (Å²) in [4.78, 5) is 12.2. The van der Waals surface area contributed by atoms with Gasteiger partial charge in [-0.25, -0.2) is 0 Å². The van der Waals surface area contributed by atoms with E-state index in [1.165, 1.54) is 5.56 Å². The summed E-state index contributed by atoms with van der Waals surface area (Å²) in [6.07, 6.45) is 0.681. The standard InChI is InChI=1S/C15H22O2/c1-5-12(9-16)15(17)14-8-13(10(2)3)7-6-11(14)4/h6-8,10,12,16H,5,9H2,1-4H3. The molecule has 94 valence electrons. The second-order valence-electron chi connectivity index (χ2n) is 4.88. The molecule has 0 bridgehead atoms. The third kappa shape index (κ3) is 3.16. The Balaban J connectivity index is 3.11. The molecule has 0 aromatic heterocycles. The molecule has 1 aromatic carbocycles. The Kier molecular flexibility index (Phi) is 4.88.